The average molecular weight is 310 g/mol. The molecule has 3 N–H and O–H groups in total. The Bertz CT molecular complexity index is 438. The van der Waals surface area contributed by atoms with E-state index >= 15 is 0 Å². The van der Waals surface area contributed by atoms with Crippen molar-refractivity contribution in [2.75, 3.05) is 13.1 Å². The van der Waals surface area contributed by atoms with Crippen molar-refractivity contribution in [2.24, 2.45) is 10.7 Å². The van der Waals surface area contributed by atoms with E-state index in [1.807, 2.05) is 12.1 Å². The highest BCUT2D eigenvalue weighted by Crippen LogP contribution is 2.25. The van der Waals surface area contributed by atoms with Crippen LogP contribution in [0.4, 0.5) is 0 Å². The summed E-state index contributed by atoms with van der Waals surface area (Å²) in [6, 6.07) is 8.27. The molecule has 1 aromatic carbocycles. The van der Waals surface area contributed by atoms with Crippen LogP contribution < -0.4 is 11.1 Å². The summed E-state index contributed by atoms with van der Waals surface area (Å²) in [5, 5.41) is 2.97. The van der Waals surface area contributed by atoms with Crippen molar-refractivity contribution in [1.82, 2.24) is 5.32 Å². The summed E-state index contributed by atoms with van der Waals surface area (Å²) in [4.78, 5) is 4.36. The van der Waals surface area contributed by atoms with Crippen LogP contribution >= 0.6 is 15.9 Å². The Morgan fingerprint density at radius 1 is 1.56 bits per heavy atom. The molecule has 0 aliphatic rings. The van der Waals surface area contributed by atoms with E-state index in [1.54, 1.807) is 6.08 Å². The first-order valence-electron chi connectivity index (χ1n) is 5.86. The van der Waals surface area contributed by atoms with Crippen LogP contribution in [-0.2, 0) is 5.41 Å². The van der Waals surface area contributed by atoms with Gasteiger partial charge in [0, 0.05) is 16.4 Å². The molecule has 3 nitrogen and oxygen atoms in total. The van der Waals surface area contributed by atoms with Crippen molar-refractivity contribution in [2.45, 2.75) is 19.3 Å². The molecule has 0 saturated carbocycles. The number of aliphatic imine (C=N–C) groups is 1. The molecule has 0 heterocycles. The van der Waals surface area contributed by atoms with E-state index in [1.165, 1.54) is 5.56 Å². The quantitative estimate of drug-likeness (QED) is 0.499. The lowest BCUT2D eigenvalue weighted by atomic mass is 9.85. The fourth-order valence-electron chi connectivity index (χ4n) is 1.52. The SMILES string of the molecule is C=CCNC(N)=NCC(C)(C)c1cccc(Br)c1. The molecule has 18 heavy (non-hydrogen) atoms. The predicted octanol–water partition coefficient (Wildman–Crippen LogP) is 2.82. The Morgan fingerprint density at radius 3 is 2.89 bits per heavy atom. The molecule has 0 aromatic heterocycles. The molecular formula is C14H20BrN3. The van der Waals surface area contributed by atoms with Crippen molar-refractivity contribution >= 4 is 21.9 Å². The Hall–Kier alpha value is -1.29. The third kappa shape index (κ3) is 4.53. The zero-order chi connectivity index (χ0) is 13.6. The van der Waals surface area contributed by atoms with E-state index < -0.39 is 0 Å². The van der Waals surface area contributed by atoms with Gasteiger partial charge in [-0.05, 0) is 17.7 Å². The van der Waals surface area contributed by atoms with Crippen molar-refractivity contribution in [1.29, 1.82) is 0 Å². The van der Waals surface area contributed by atoms with Crippen LogP contribution in [-0.4, -0.2) is 19.0 Å². The first kappa shape index (κ1) is 14.8. The number of benzene rings is 1. The van der Waals surface area contributed by atoms with Gasteiger partial charge in [0.15, 0.2) is 5.96 Å². The third-order valence-electron chi connectivity index (χ3n) is 2.68. The maximum Gasteiger partial charge on any atom is 0.188 e. The molecule has 1 aromatic rings. The van der Waals surface area contributed by atoms with Gasteiger partial charge in [0.1, 0.15) is 0 Å². The number of halogens is 1. The molecule has 0 aliphatic carbocycles. The Labute approximate surface area is 117 Å². The molecule has 4 heteroatoms. The van der Waals surface area contributed by atoms with E-state index in [2.05, 4.69) is 58.8 Å². The monoisotopic (exact) mass is 309 g/mol. The number of nitrogens with zero attached hydrogens (tertiary/aromatic N) is 1. The second-order valence-electron chi connectivity index (χ2n) is 4.77. The Balaban J connectivity index is 2.72. The van der Waals surface area contributed by atoms with Crippen LogP contribution in [0.5, 0.6) is 0 Å². The summed E-state index contributed by atoms with van der Waals surface area (Å²) in [6.45, 7) is 9.19. The van der Waals surface area contributed by atoms with Gasteiger partial charge in [0.05, 0.1) is 6.54 Å². The van der Waals surface area contributed by atoms with Gasteiger partial charge in [-0.2, -0.15) is 0 Å². The number of hydrogen-bond acceptors (Lipinski definition) is 1. The minimum atomic E-state index is -0.0513. The summed E-state index contributed by atoms with van der Waals surface area (Å²) in [6.07, 6.45) is 1.75. The van der Waals surface area contributed by atoms with Gasteiger partial charge in [-0.1, -0.05) is 48.0 Å². The maximum absolute atomic E-state index is 5.76. The number of hydrogen-bond donors (Lipinski definition) is 2. The summed E-state index contributed by atoms with van der Waals surface area (Å²) in [5.41, 5.74) is 6.94. The van der Waals surface area contributed by atoms with Crippen LogP contribution in [0, 0.1) is 0 Å². The highest BCUT2D eigenvalue weighted by Gasteiger charge is 2.20. The summed E-state index contributed by atoms with van der Waals surface area (Å²) < 4.78 is 1.08. The molecule has 0 atom stereocenters. The highest BCUT2D eigenvalue weighted by molar-refractivity contribution is 9.10. The first-order valence-corrected chi connectivity index (χ1v) is 6.66. The minimum Gasteiger partial charge on any atom is -0.370 e. The van der Waals surface area contributed by atoms with Gasteiger partial charge in [-0.3, -0.25) is 4.99 Å². The molecule has 0 amide bonds. The summed E-state index contributed by atoms with van der Waals surface area (Å²) in [5.74, 6) is 0.456. The van der Waals surface area contributed by atoms with Gasteiger partial charge in [0.2, 0.25) is 0 Å². The molecule has 0 radical (unpaired) electrons. The molecule has 0 unspecified atom stereocenters. The average Bonchev–Trinajstić information content (AvgIpc) is 2.34. The number of nitrogens with two attached hydrogens (primary N) is 1. The number of guanidine groups is 1. The topological polar surface area (TPSA) is 50.4 Å². The van der Waals surface area contributed by atoms with Gasteiger partial charge < -0.3 is 11.1 Å². The maximum atomic E-state index is 5.76. The molecule has 0 saturated heterocycles. The second kappa shape index (κ2) is 6.59. The molecule has 0 fully saturated rings. The lowest BCUT2D eigenvalue weighted by Crippen LogP contribution is -2.33. The van der Waals surface area contributed by atoms with E-state index in [9.17, 15) is 0 Å². The fourth-order valence-corrected chi connectivity index (χ4v) is 1.92. The lowest BCUT2D eigenvalue weighted by molar-refractivity contribution is 0.539. The van der Waals surface area contributed by atoms with E-state index in [0.717, 1.165) is 4.47 Å². The standard InChI is InChI=1S/C14H20BrN3/c1-4-8-17-13(16)18-10-14(2,3)11-6-5-7-12(15)9-11/h4-7,9H,1,8,10H2,2-3H3,(H3,16,17,18). The Kier molecular flexibility index (Phi) is 5.41. The smallest absolute Gasteiger partial charge is 0.188 e. The van der Waals surface area contributed by atoms with Crippen LogP contribution in [0.15, 0.2) is 46.4 Å². The highest BCUT2D eigenvalue weighted by atomic mass is 79.9. The second-order valence-corrected chi connectivity index (χ2v) is 5.68. The normalized spacial score (nSPS) is 12.3. The molecule has 0 bridgehead atoms. The van der Waals surface area contributed by atoms with Gasteiger partial charge >= 0.3 is 0 Å². The van der Waals surface area contributed by atoms with E-state index in [4.69, 9.17) is 5.73 Å². The zero-order valence-electron chi connectivity index (χ0n) is 10.9. The number of rotatable bonds is 5. The van der Waals surface area contributed by atoms with Crippen molar-refractivity contribution < 1.29 is 0 Å². The minimum absolute atomic E-state index is 0.0513. The lowest BCUT2D eigenvalue weighted by Gasteiger charge is -2.23. The third-order valence-corrected chi connectivity index (χ3v) is 3.17. The summed E-state index contributed by atoms with van der Waals surface area (Å²) >= 11 is 3.48. The van der Waals surface area contributed by atoms with E-state index in [0.29, 0.717) is 19.0 Å². The fraction of sp³-hybridized carbons (Fsp3) is 0.357. The van der Waals surface area contributed by atoms with Crippen molar-refractivity contribution in [3.05, 3.63) is 47.0 Å². The van der Waals surface area contributed by atoms with Crippen molar-refractivity contribution in [3.8, 4) is 0 Å². The van der Waals surface area contributed by atoms with Gasteiger partial charge in [-0.15, -0.1) is 6.58 Å². The largest absolute Gasteiger partial charge is 0.370 e. The Morgan fingerprint density at radius 2 is 2.28 bits per heavy atom. The zero-order valence-corrected chi connectivity index (χ0v) is 12.5. The van der Waals surface area contributed by atoms with Gasteiger partial charge in [0.25, 0.3) is 0 Å². The van der Waals surface area contributed by atoms with Crippen LogP contribution in [0.1, 0.15) is 19.4 Å². The molecule has 98 valence electrons. The van der Waals surface area contributed by atoms with Gasteiger partial charge in [-0.25, -0.2) is 0 Å². The number of nitrogens with one attached hydrogen (secondary N) is 1. The first-order chi connectivity index (χ1) is 8.45. The van der Waals surface area contributed by atoms with E-state index in [-0.39, 0.29) is 5.41 Å². The van der Waals surface area contributed by atoms with Crippen LogP contribution in [0.25, 0.3) is 0 Å². The van der Waals surface area contributed by atoms with Crippen LogP contribution in [0.2, 0.25) is 0 Å². The molecular weight excluding hydrogens is 290 g/mol. The van der Waals surface area contributed by atoms with Crippen molar-refractivity contribution in [3.63, 3.8) is 0 Å². The van der Waals surface area contributed by atoms with Crippen LogP contribution in [0.3, 0.4) is 0 Å². The molecule has 0 spiro atoms. The summed E-state index contributed by atoms with van der Waals surface area (Å²) in [7, 11) is 0. The predicted molar refractivity (Wildman–Crippen MR) is 81.9 cm³/mol. The molecule has 0 aliphatic heterocycles. The molecule has 1 rings (SSSR count).